The highest BCUT2D eigenvalue weighted by atomic mass is 16.6. The molecule has 0 fully saturated rings. The van der Waals surface area contributed by atoms with Crippen molar-refractivity contribution < 1.29 is 4.92 Å². The molecule has 0 aromatic heterocycles. The molecule has 0 unspecified atom stereocenters. The van der Waals surface area contributed by atoms with Gasteiger partial charge in [0.25, 0.3) is 5.69 Å². The normalized spacial score (nSPS) is 14.2. The molecule has 2 N–H and O–H groups in total. The molecule has 19 heavy (non-hydrogen) atoms. The molecule has 0 bridgehead atoms. The van der Waals surface area contributed by atoms with Gasteiger partial charge in [0, 0.05) is 44.5 Å². The van der Waals surface area contributed by atoms with Crippen molar-refractivity contribution in [2.45, 2.75) is 0 Å². The molecule has 1 aliphatic rings. The first-order chi connectivity index (χ1) is 9.16. The van der Waals surface area contributed by atoms with Gasteiger partial charge in [0.1, 0.15) is 0 Å². The number of aliphatic imine (C=N–C) groups is 1. The van der Waals surface area contributed by atoms with Gasteiger partial charge in [-0.25, -0.2) is 0 Å². The van der Waals surface area contributed by atoms with E-state index in [1.165, 1.54) is 12.1 Å². The monoisotopic (exact) mass is 263 g/mol. The number of hydrogen-bond donors (Lipinski definition) is 2. The number of nitro groups is 1. The maximum absolute atomic E-state index is 10.5. The van der Waals surface area contributed by atoms with Crippen LogP contribution in [-0.4, -0.2) is 49.0 Å². The maximum Gasteiger partial charge on any atom is 0.269 e. The standard InChI is InChI=1S/C12H17N5O2/c1-16-9-8-15-12(16)14-7-6-13-10-2-4-11(5-3-10)17(18)19/h2-5,13H,6-9H2,1H3,(H,14,15). The molecule has 0 amide bonds. The van der Waals surface area contributed by atoms with E-state index in [1.54, 1.807) is 12.1 Å². The number of anilines is 1. The molecule has 1 aliphatic heterocycles. The molecule has 7 heteroatoms. The Morgan fingerprint density at radius 1 is 1.32 bits per heavy atom. The minimum absolute atomic E-state index is 0.102. The number of rotatable bonds is 5. The minimum atomic E-state index is -0.403. The first-order valence-electron chi connectivity index (χ1n) is 6.14. The topological polar surface area (TPSA) is 82.8 Å². The Kier molecular flexibility index (Phi) is 4.17. The lowest BCUT2D eigenvalue weighted by molar-refractivity contribution is -0.384. The fourth-order valence-corrected chi connectivity index (χ4v) is 1.81. The number of guanidine groups is 1. The van der Waals surface area contributed by atoms with Gasteiger partial charge in [-0.1, -0.05) is 0 Å². The summed E-state index contributed by atoms with van der Waals surface area (Å²) < 4.78 is 0. The van der Waals surface area contributed by atoms with E-state index in [-0.39, 0.29) is 5.69 Å². The Balaban J connectivity index is 1.72. The Morgan fingerprint density at radius 3 is 2.58 bits per heavy atom. The Bertz CT molecular complexity index is 472. The summed E-state index contributed by atoms with van der Waals surface area (Å²) in [5.41, 5.74) is 0.972. The number of likely N-dealkylation sites (N-methyl/N-ethyl adjacent to an activating group) is 1. The SMILES string of the molecule is CN1CCN=C1NCCNc1ccc([N+](=O)[O-])cc1. The summed E-state index contributed by atoms with van der Waals surface area (Å²) in [6.07, 6.45) is 0. The first kappa shape index (κ1) is 13.1. The fourth-order valence-electron chi connectivity index (χ4n) is 1.81. The lowest BCUT2D eigenvalue weighted by atomic mass is 10.3. The predicted molar refractivity (Wildman–Crippen MR) is 74.5 cm³/mol. The molecule has 102 valence electrons. The van der Waals surface area contributed by atoms with Crippen LogP contribution in [0.5, 0.6) is 0 Å². The lowest BCUT2D eigenvalue weighted by Gasteiger charge is -2.15. The van der Waals surface area contributed by atoms with E-state index in [0.717, 1.165) is 37.8 Å². The largest absolute Gasteiger partial charge is 0.383 e. The highest BCUT2D eigenvalue weighted by Gasteiger charge is 2.10. The highest BCUT2D eigenvalue weighted by Crippen LogP contribution is 2.14. The van der Waals surface area contributed by atoms with E-state index in [9.17, 15) is 10.1 Å². The molecule has 2 rings (SSSR count). The number of benzene rings is 1. The van der Waals surface area contributed by atoms with Crippen molar-refractivity contribution in [1.82, 2.24) is 10.2 Å². The van der Waals surface area contributed by atoms with E-state index < -0.39 is 4.92 Å². The summed E-state index contributed by atoms with van der Waals surface area (Å²) in [6.45, 7) is 3.28. The van der Waals surface area contributed by atoms with Crippen LogP contribution < -0.4 is 10.6 Å². The molecule has 0 saturated carbocycles. The van der Waals surface area contributed by atoms with Crippen LogP contribution in [0.15, 0.2) is 29.3 Å². The number of non-ortho nitro benzene ring substituents is 1. The predicted octanol–water partition coefficient (Wildman–Crippen LogP) is 0.898. The van der Waals surface area contributed by atoms with Crippen LogP contribution in [0.2, 0.25) is 0 Å². The molecule has 1 aromatic carbocycles. The first-order valence-corrected chi connectivity index (χ1v) is 6.14. The van der Waals surface area contributed by atoms with Crippen LogP contribution >= 0.6 is 0 Å². The van der Waals surface area contributed by atoms with Crippen molar-refractivity contribution in [2.24, 2.45) is 4.99 Å². The molecule has 7 nitrogen and oxygen atoms in total. The molecule has 0 saturated heterocycles. The zero-order valence-corrected chi connectivity index (χ0v) is 10.8. The third-order valence-electron chi connectivity index (χ3n) is 2.87. The van der Waals surface area contributed by atoms with Crippen LogP contribution in [0.4, 0.5) is 11.4 Å². The Morgan fingerprint density at radius 2 is 2.00 bits per heavy atom. The van der Waals surface area contributed by atoms with Gasteiger partial charge in [-0.2, -0.15) is 0 Å². The zero-order valence-electron chi connectivity index (χ0n) is 10.8. The van der Waals surface area contributed by atoms with E-state index >= 15 is 0 Å². The molecular weight excluding hydrogens is 246 g/mol. The van der Waals surface area contributed by atoms with Gasteiger partial charge in [-0.15, -0.1) is 0 Å². The average Bonchev–Trinajstić information content (AvgIpc) is 2.81. The van der Waals surface area contributed by atoms with Crippen molar-refractivity contribution in [1.29, 1.82) is 0 Å². The van der Waals surface area contributed by atoms with Gasteiger partial charge in [0.2, 0.25) is 0 Å². The second kappa shape index (κ2) is 6.03. The summed E-state index contributed by atoms with van der Waals surface area (Å²) in [4.78, 5) is 16.5. The van der Waals surface area contributed by atoms with Crippen LogP contribution in [0, 0.1) is 10.1 Å². The van der Waals surface area contributed by atoms with E-state index in [2.05, 4.69) is 20.5 Å². The van der Waals surface area contributed by atoms with E-state index in [0.29, 0.717) is 0 Å². The molecule has 1 heterocycles. The fraction of sp³-hybridized carbons (Fsp3) is 0.417. The summed E-state index contributed by atoms with van der Waals surface area (Å²) in [7, 11) is 2.00. The van der Waals surface area contributed by atoms with Gasteiger partial charge in [0.15, 0.2) is 5.96 Å². The zero-order chi connectivity index (χ0) is 13.7. The summed E-state index contributed by atoms with van der Waals surface area (Å²) in [5, 5.41) is 16.9. The number of hydrogen-bond acceptors (Lipinski definition) is 6. The second-order valence-electron chi connectivity index (χ2n) is 4.28. The summed E-state index contributed by atoms with van der Waals surface area (Å²) in [6, 6.07) is 6.39. The molecule has 0 aliphatic carbocycles. The average molecular weight is 263 g/mol. The quantitative estimate of drug-likeness (QED) is 0.468. The third kappa shape index (κ3) is 3.57. The van der Waals surface area contributed by atoms with Gasteiger partial charge >= 0.3 is 0 Å². The van der Waals surface area contributed by atoms with Crippen molar-refractivity contribution in [3.63, 3.8) is 0 Å². The second-order valence-corrected chi connectivity index (χ2v) is 4.28. The van der Waals surface area contributed by atoms with Gasteiger partial charge in [-0.05, 0) is 12.1 Å². The smallest absolute Gasteiger partial charge is 0.269 e. The molecule has 0 radical (unpaired) electrons. The van der Waals surface area contributed by atoms with Crippen LogP contribution in [-0.2, 0) is 0 Å². The van der Waals surface area contributed by atoms with E-state index in [1.807, 2.05) is 7.05 Å². The van der Waals surface area contributed by atoms with Gasteiger partial charge < -0.3 is 15.5 Å². The third-order valence-corrected chi connectivity index (χ3v) is 2.87. The molecule has 0 spiro atoms. The van der Waals surface area contributed by atoms with Crippen LogP contribution in [0.3, 0.4) is 0 Å². The lowest BCUT2D eigenvalue weighted by Crippen LogP contribution is -2.37. The van der Waals surface area contributed by atoms with Gasteiger partial charge in [0.05, 0.1) is 11.5 Å². The molecule has 1 aromatic rings. The minimum Gasteiger partial charge on any atom is -0.383 e. The van der Waals surface area contributed by atoms with Crippen LogP contribution in [0.25, 0.3) is 0 Å². The van der Waals surface area contributed by atoms with E-state index in [4.69, 9.17) is 0 Å². The highest BCUT2D eigenvalue weighted by molar-refractivity contribution is 5.81. The summed E-state index contributed by atoms with van der Waals surface area (Å²) >= 11 is 0. The van der Waals surface area contributed by atoms with Crippen molar-refractivity contribution in [3.8, 4) is 0 Å². The van der Waals surface area contributed by atoms with Crippen LogP contribution in [0.1, 0.15) is 0 Å². The molecule has 0 atom stereocenters. The van der Waals surface area contributed by atoms with Gasteiger partial charge in [-0.3, -0.25) is 15.1 Å². The number of nitro benzene ring substituents is 1. The van der Waals surface area contributed by atoms with Crippen molar-refractivity contribution in [2.75, 3.05) is 38.5 Å². The maximum atomic E-state index is 10.5. The Hall–Kier alpha value is -2.31. The molecular formula is C12H17N5O2. The number of nitrogens with one attached hydrogen (secondary N) is 2. The van der Waals surface area contributed by atoms with Crippen molar-refractivity contribution in [3.05, 3.63) is 34.4 Å². The number of nitrogens with zero attached hydrogens (tertiary/aromatic N) is 3. The van der Waals surface area contributed by atoms with Crippen molar-refractivity contribution >= 4 is 17.3 Å². The Labute approximate surface area is 111 Å². The summed E-state index contributed by atoms with van der Waals surface area (Å²) in [5.74, 6) is 0.922.